The van der Waals surface area contributed by atoms with Crippen molar-refractivity contribution in [3.8, 4) is 5.75 Å². The topological polar surface area (TPSA) is 58.6 Å². The summed E-state index contributed by atoms with van der Waals surface area (Å²) in [5, 5.41) is 12.5. The number of rotatable bonds is 5. The molecule has 4 nitrogen and oxygen atoms in total. The normalized spacial score (nSPS) is 12.1. The Hall–Kier alpha value is -1.55. The summed E-state index contributed by atoms with van der Waals surface area (Å²) in [7, 11) is 0. The minimum absolute atomic E-state index is 0.228. The van der Waals surface area contributed by atoms with Crippen molar-refractivity contribution in [1.82, 2.24) is 5.32 Å². The highest BCUT2D eigenvalue weighted by atomic mass is 16.5. The van der Waals surface area contributed by atoms with Crippen LogP contribution in [0.4, 0.5) is 0 Å². The van der Waals surface area contributed by atoms with Crippen LogP contribution in [0, 0.1) is 0 Å². The van der Waals surface area contributed by atoms with E-state index in [1.807, 2.05) is 6.07 Å². The van der Waals surface area contributed by atoms with Crippen molar-refractivity contribution in [3.63, 3.8) is 0 Å². The fourth-order valence-corrected chi connectivity index (χ4v) is 1.27. The number of ether oxygens (including phenoxy) is 1. The molecule has 0 amide bonds. The van der Waals surface area contributed by atoms with Gasteiger partial charge in [-0.1, -0.05) is 18.2 Å². The Kier molecular flexibility index (Phi) is 4.79. The number of aromatic hydroxyl groups is 1. The smallest absolute Gasteiger partial charge is 0.322 e. The summed E-state index contributed by atoms with van der Waals surface area (Å²) >= 11 is 0. The summed E-state index contributed by atoms with van der Waals surface area (Å²) in [6.45, 7) is 4.32. The van der Waals surface area contributed by atoms with Crippen molar-refractivity contribution < 1.29 is 14.6 Å². The number of hydrogen-bond donors (Lipinski definition) is 2. The molecule has 0 radical (unpaired) electrons. The summed E-state index contributed by atoms with van der Waals surface area (Å²) in [6, 6.07) is 6.64. The van der Waals surface area contributed by atoms with Gasteiger partial charge in [-0.25, -0.2) is 0 Å². The van der Waals surface area contributed by atoms with E-state index in [9.17, 15) is 9.90 Å². The lowest BCUT2D eigenvalue weighted by atomic mass is 10.2. The molecule has 1 aromatic rings. The Bertz CT molecular complexity index is 352. The van der Waals surface area contributed by atoms with Crippen molar-refractivity contribution in [3.05, 3.63) is 29.8 Å². The molecule has 1 atom stereocenters. The molecular formula is C12H17NO3. The van der Waals surface area contributed by atoms with Gasteiger partial charge in [0.1, 0.15) is 11.8 Å². The molecule has 16 heavy (non-hydrogen) atoms. The number of carbonyl (C=O) groups is 1. The van der Waals surface area contributed by atoms with Crippen LogP contribution in [0.1, 0.15) is 19.4 Å². The fraction of sp³-hybridized carbons (Fsp3) is 0.417. The summed E-state index contributed by atoms with van der Waals surface area (Å²) in [4.78, 5) is 11.3. The van der Waals surface area contributed by atoms with Gasteiger partial charge in [-0.05, 0) is 19.9 Å². The van der Waals surface area contributed by atoms with Gasteiger partial charge < -0.3 is 15.2 Å². The van der Waals surface area contributed by atoms with Gasteiger partial charge in [-0.15, -0.1) is 0 Å². The van der Waals surface area contributed by atoms with E-state index >= 15 is 0 Å². The molecule has 0 bridgehead atoms. The molecule has 0 saturated carbocycles. The molecule has 0 heterocycles. The molecule has 0 aromatic heterocycles. The second kappa shape index (κ2) is 6.12. The zero-order valence-corrected chi connectivity index (χ0v) is 9.56. The van der Waals surface area contributed by atoms with Crippen molar-refractivity contribution in [2.45, 2.75) is 26.4 Å². The van der Waals surface area contributed by atoms with Crippen molar-refractivity contribution in [2.75, 3.05) is 6.61 Å². The first-order chi connectivity index (χ1) is 7.65. The summed E-state index contributed by atoms with van der Waals surface area (Å²) in [5.41, 5.74) is 0.763. The minimum atomic E-state index is -0.375. The molecule has 0 saturated heterocycles. The van der Waals surface area contributed by atoms with Crippen molar-refractivity contribution in [2.24, 2.45) is 0 Å². The maximum Gasteiger partial charge on any atom is 0.322 e. The Morgan fingerprint density at radius 1 is 1.50 bits per heavy atom. The van der Waals surface area contributed by atoms with E-state index in [0.29, 0.717) is 13.2 Å². The van der Waals surface area contributed by atoms with Gasteiger partial charge in [0, 0.05) is 12.1 Å². The standard InChI is InChI=1S/C12H17NO3/c1-3-16-12(15)9(2)13-8-10-6-4-5-7-11(10)14/h4-7,9,13-14H,3,8H2,1-2H3/t9-/m1/s1. The highest BCUT2D eigenvalue weighted by molar-refractivity contribution is 5.75. The van der Waals surface area contributed by atoms with Crippen LogP contribution in [-0.4, -0.2) is 23.7 Å². The largest absolute Gasteiger partial charge is 0.508 e. The second-order valence-corrected chi connectivity index (χ2v) is 3.48. The monoisotopic (exact) mass is 223 g/mol. The maximum absolute atomic E-state index is 11.3. The van der Waals surface area contributed by atoms with Crippen LogP contribution in [-0.2, 0) is 16.1 Å². The zero-order chi connectivity index (χ0) is 12.0. The first kappa shape index (κ1) is 12.5. The summed E-state index contributed by atoms with van der Waals surface area (Å²) in [6.07, 6.45) is 0. The predicted molar refractivity (Wildman–Crippen MR) is 61.0 cm³/mol. The van der Waals surface area contributed by atoms with Gasteiger partial charge in [0.25, 0.3) is 0 Å². The van der Waals surface area contributed by atoms with E-state index in [4.69, 9.17) is 4.74 Å². The number of esters is 1. The average Bonchev–Trinajstić information content (AvgIpc) is 2.28. The van der Waals surface area contributed by atoms with E-state index in [-0.39, 0.29) is 17.8 Å². The molecule has 1 rings (SSSR count). The average molecular weight is 223 g/mol. The molecule has 2 N–H and O–H groups in total. The lowest BCUT2D eigenvalue weighted by molar-refractivity contribution is -0.145. The lowest BCUT2D eigenvalue weighted by Gasteiger charge is -2.12. The van der Waals surface area contributed by atoms with E-state index in [0.717, 1.165) is 5.56 Å². The van der Waals surface area contributed by atoms with Crippen LogP contribution in [0.25, 0.3) is 0 Å². The fourth-order valence-electron chi connectivity index (χ4n) is 1.27. The highest BCUT2D eigenvalue weighted by Gasteiger charge is 2.13. The van der Waals surface area contributed by atoms with Gasteiger partial charge in [0.2, 0.25) is 0 Å². The molecule has 0 aliphatic rings. The SMILES string of the molecule is CCOC(=O)[C@@H](C)NCc1ccccc1O. The molecule has 0 unspecified atom stereocenters. The van der Waals surface area contributed by atoms with Crippen LogP contribution in [0.3, 0.4) is 0 Å². The Morgan fingerprint density at radius 2 is 2.19 bits per heavy atom. The summed E-state index contributed by atoms with van der Waals surface area (Å²) in [5.74, 6) is -0.0519. The van der Waals surface area contributed by atoms with E-state index in [2.05, 4.69) is 5.32 Å². The number of phenolic OH excluding ortho intramolecular Hbond substituents is 1. The van der Waals surface area contributed by atoms with E-state index in [1.54, 1.807) is 32.0 Å². The Balaban J connectivity index is 2.46. The van der Waals surface area contributed by atoms with Crippen molar-refractivity contribution >= 4 is 5.97 Å². The number of para-hydroxylation sites is 1. The van der Waals surface area contributed by atoms with Gasteiger partial charge >= 0.3 is 5.97 Å². The van der Waals surface area contributed by atoms with Crippen molar-refractivity contribution in [1.29, 1.82) is 0 Å². The molecule has 0 fully saturated rings. The van der Waals surface area contributed by atoms with Crippen LogP contribution >= 0.6 is 0 Å². The quantitative estimate of drug-likeness (QED) is 0.741. The Morgan fingerprint density at radius 3 is 2.81 bits per heavy atom. The minimum Gasteiger partial charge on any atom is -0.508 e. The first-order valence-electron chi connectivity index (χ1n) is 5.32. The number of carbonyl (C=O) groups excluding carboxylic acids is 1. The number of benzene rings is 1. The number of phenols is 1. The Labute approximate surface area is 95.2 Å². The molecule has 88 valence electrons. The van der Waals surface area contributed by atoms with E-state index < -0.39 is 0 Å². The molecule has 4 heteroatoms. The van der Waals surface area contributed by atoms with Gasteiger partial charge in [-0.2, -0.15) is 0 Å². The molecular weight excluding hydrogens is 206 g/mol. The highest BCUT2D eigenvalue weighted by Crippen LogP contribution is 2.14. The third kappa shape index (κ3) is 3.55. The predicted octanol–water partition coefficient (Wildman–Crippen LogP) is 1.43. The van der Waals surface area contributed by atoms with Crippen LogP contribution in [0.15, 0.2) is 24.3 Å². The van der Waals surface area contributed by atoms with Crippen LogP contribution < -0.4 is 5.32 Å². The van der Waals surface area contributed by atoms with Crippen LogP contribution in [0.5, 0.6) is 5.75 Å². The number of hydrogen-bond acceptors (Lipinski definition) is 4. The first-order valence-corrected chi connectivity index (χ1v) is 5.32. The molecule has 0 spiro atoms. The van der Waals surface area contributed by atoms with Gasteiger partial charge in [0.15, 0.2) is 0 Å². The second-order valence-electron chi connectivity index (χ2n) is 3.48. The molecule has 0 aliphatic carbocycles. The lowest BCUT2D eigenvalue weighted by Crippen LogP contribution is -2.34. The molecule has 0 aliphatic heterocycles. The number of nitrogens with one attached hydrogen (secondary N) is 1. The van der Waals surface area contributed by atoms with Gasteiger partial charge in [0.05, 0.1) is 6.61 Å². The van der Waals surface area contributed by atoms with E-state index in [1.165, 1.54) is 0 Å². The zero-order valence-electron chi connectivity index (χ0n) is 9.56. The third-order valence-corrected chi connectivity index (χ3v) is 2.23. The van der Waals surface area contributed by atoms with Gasteiger partial charge in [-0.3, -0.25) is 4.79 Å². The van der Waals surface area contributed by atoms with Crippen LogP contribution in [0.2, 0.25) is 0 Å². The third-order valence-electron chi connectivity index (χ3n) is 2.23. The molecule has 1 aromatic carbocycles. The summed E-state index contributed by atoms with van der Waals surface area (Å²) < 4.78 is 4.86. The maximum atomic E-state index is 11.3.